The smallest absolute Gasteiger partial charge is 0.128 e. The molecule has 4 nitrogen and oxygen atoms in total. The van der Waals surface area contributed by atoms with Crippen LogP contribution in [-0.4, -0.2) is 16.3 Å². The second kappa shape index (κ2) is 3.75. The molecule has 1 unspecified atom stereocenters. The van der Waals surface area contributed by atoms with Crippen molar-refractivity contribution in [2.75, 3.05) is 6.54 Å². The highest BCUT2D eigenvalue weighted by Crippen LogP contribution is 2.32. The van der Waals surface area contributed by atoms with Gasteiger partial charge in [0.25, 0.3) is 0 Å². The van der Waals surface area contributed by atoms with Crippen LogP contribution >= 0.6 is 15.9 Å². The van der Waals surface area contributed by atoms with Crippen LogP contribution in [0.5, 0.6) is 0 Å². The highest BCUT2D eigenvalue weighted by Gasteiger charge is 2.27. The summed E-state index contributed by atoms with van der Waals surface area (Å²) in [7, 11) is 1.92. The number of halogens is 1. The summed E-state index contributed by atoms with van der Waals surface area (Å²) in [5.41, 5.74) is 2.41. The van der Waals surface area contributed by atoms with Crippen molar-refractivity contribution in [1.82, 2.24) is 15.1 Å². The summed E-state index contributed by atoms with van der Waals surface area (Å²) < 4.78 is 8.38. The van der Waals surface area contributed by atoms with E-state index in [9.17, 15) is 0 Å². The van der Waals surface area contributed by atoms with Crippen LogP contribution in [0.4, 0.5) is 0 Å². The van der Waals surface area contributed by atoms with E-state index in [1.165, 1.54) is 5.56 Å². The fourth-order valence-corrected chi connectivity index (χ4v) is 2.56. The van der Waals surface area contributed by atoms with E-state index < -0.39 is 0 Å². The number of furan rings is 1. The molecule has 5 heteroatoms. The maximum Gasteiger partial charge on any atom is 0.128 e. The molecule has 1 aliphatic heterocycles. The number of hydrogen-bond acceptors (Lipinski definition) is 3. The van der Waals surface area contributed by atoms with E-state index in [1.54, 1.807) is 6.26 Å². The minimum absolute atomic E-state index is 0.113. The van der Waals surface area contributed by atoms with Gasteiger partial charge >= 0.3 is 0 Å². The molecule has 0 aliphatic carbocycles. The van der Waals surface area contributed by atoms with E-state index in [1.807, 2.05) is 24.0 Å². The van der Waals surface area contributed by atoms with Gasteiger partial charge in [-0.1, -0.05) is 0 Å². The zero-order valence-corrected chi connectivity index (χ0v) is 10.5. The van der Waals surface area contributed by atoms with Gasteiger partial charge in [0.1, 0.15) is 10.4 Å². The quantitative estimate of drug-likeness (QED) is 0.870. The summed E-state index contributed by atoms with van der Waals surface area (Å²) >= 11 is 3.54. The topological polar surface area (TPSA) is 43.0 Å². The lowest BCUT2D eigenvalue weighted by atomic mass is 9.99. The Morgan fingerprint density at radius 2 is 2.50 bits per heavy atom. The Morgan fingerprint density at radius 1 is 1.62 bits per heavy atom. The molecule has 0 saturated carbocycles. The Hall–Kier alpha value is -1.07. The summed E-state index contributed by atoms with van der Waals surface area (Å²) in [6.45, 7) is 0.971. The molecule has 0 radical (unpaired) electrons. The van der Waals surface area contributed by atoms with Crippen LogP contribution < -0.4 is 5.32 Å². The molecule has 0 fully saturated rings. The van der Waals surface area contributed by atoms with Crippen LogP contribution in [0.3, 0.4) is 0 Å². The summed E-state index contributed by atoms with van der Waals surface area (Å²) in [6.07, 6.45) is 4.66. The second-order valence-corrected chi connectivity index (χ2v) is 4.71. The van der Waals surface area contributed by atoms with Gasteiger partial charge in [0.15, 0.2) is 0 Å². The van der Waals surface area contributed by atoms with Crippen molar-refractivity contribution in [2.24, 2.45) is 7.05 Å². The average molecular weight is 282 g/mol. The SMILES string of the molecule is Cn1ncc(C2NCCc3ccoc32)c1Br. The van der Waals surface area contributed by atoms with Crippen molar-refractivity contribution in [3.05, 3.63) is 40.0 Å². The molecule has 2 aromatic heterocycles. The van der Waals surface area contributed by atoms with Gasteiger partial charge in [0.2, 0.25) is 0 Å². The first-order valence-electron chi connectivity index (χ1n) is 5.24. The lowest BCUT2D eigenvalue weighted by Crippen LogP contribution is -2.29. The minimum atomic E-state index is 0.113. The zero-order valence-electron chi connectivity index (χ0n) is 8.90. The van der Waals surface area contributed by atoms with E-state index in [0.29, 0.717) is 0 Å². The van der Waals surface area contributed by atoms with Gasteiger partial charge in [-0.25, -0.2) is 0 Å². The van der Waals surface area contributed by atoms with E-state index in [-0.39, 0.29) is 6.04 Å². The van der Waals surface area contributed by atoms with Crippen molar-refractivity contribution < 1.29 is 4.42 Å². The van der Waals surface area contributed by atoms with Gasteiger partial charge in [-0.05, 0) is 34.0 Å². The number of nitrogens with zero attached hydrogens (tertiary/aromatic N) is 2. The van der Waals surface area contributed by atoms with Gasteiger partial charge in [0, 0.05) is 19.2 Å². The van der Waals surface area contributed by atoms with E-state index in [0.717, 1.165) is 28.9 Å². The molecule has 0 saturated heterocycles. The summed E-state index contributed by atoms with van der Waals surface area (Å²) in [5, 5.41) is 7.69. The van der Waals surface area contributed by atoms with Gasteiger partial charge in [0.05, 0.1) is 18.5 Å². The second-order valence-electron chi connectivity index (χ2n) is 3.96. The number of hydrogen-bond donors (Lipinski definition) is 1. The Bertz CT molecular complexity index is 517. The van der Waals surface area contributed by atoms with Crippen LogP contribution in [0, 0.1) is 0 Å². The van der Waals surface area contributed by atoms with Crippen molar-refractivity contribution in [1.29, 1.82) is 0 Å². The first-order valence-corrected chi connectivity index (χ1v) is 6.03. The fraction of sp³-hybridized carbons (Fsp3) is 0.364. The van der Waals surface area contributed by atoms with E-state index in [2.05, 4.69) is 26.3 Å². The zero-order chi connectivity index (χ0) is 11.1. The molecule has 3 rings (SSSR count). The third-order valence-electron chi connectivity index (χ3n) is 2.99. The van der Waals surface area contributed by atoms with E-state index >= 15 is 0 Å². The monoisotopic (exact) mass is 281 g/mol. The summed E-state index contributed by atoms with van der Waals surface area (Å²) in [5.74, 6) is 1.01. The first kappa shape index (κ1) is 10.1. The molecule has 2 aromatic rings. The Morgan fingerprint density at radius 3 is 3.25 bits per heavy atom. The molecule has 1 aliphatic rings. The minimum Gasteiger partial charge on any atom is -0.467 e. The van der Waals surface area contributed by atoms with Gasteiger partial charge < -0.3 is 9.73 Å². The Balaban J connectivity index is 2.07. The number of rotatable bonds is 1. The maximum absolute atomic E-state index is 5.57. The van der Waals surface area contributed by atoms with E-state index in [4.69, 9.17) is 4.42 Å². The first-order chi connectivity index (χ1) is 7.77. The molecule has 1 atom stereocenters. The molecule has 0 amide bonds. The van der Waals surface area contributed by atoms with Crippen molar-refractivity contribution in [3.8, 4) is 0 Å². The van der Waals surface area contributed by atoms with Gasteiger partial charge in [-0.3, -0.25) is 4.68 Å². The molecular formula is C11H12BrN3O. The largest absolute Gasteiger partial charge is 0.467 e. The summed E-state index contributed by atoms with van der Waals surface area (Å²) in [4.78, 5) is 0. The number of fused-ring (bicyclic) bond motifs is 1. The highest BCUT2D eigenvalue weighted by molar-refractivity contribution is 9.10. The lowest BCUT2D eigenvalue weighted by Gasteiger charge is -2.22. The molecule has 0 spiro atoms. The molecule has 1 N–H and O–H groups in total. The summed E-state index contributed by atoms with van der Waals surface area (Å²) in [6, 6.07) is 2.16. The van der Waals surface area contributed by atoms with Crippen LogP contribution in [0.2, 0.25) is 0 Å². The normalized spacial score (nSPS) is 19.8. The third-order valence-corrected chi connectivity index (χ3v) is 3.96. The van der Waals surface area contributed by atoms with Crippen LogP contribution in [0.1, 0.15) is 22.9 Å². The predicted octanol–water partition coefficient (Wildman–Crippen LogP) is 2.01. The van der Waals surface area contributed by atoms with Gasteiger partial charge in [-0.15, -0.1) is 0 Å². The number of aromatic nitrogens is 2. The number of nitrogens with one attached hydrogen (secondary N) is 1. The van der Waals surface area contributed by atoms with Crippen LogP contribution in [0.15, 0.2) is 27.5 Å². The third kappa shape index (κ3) is 1.43. The highest BCUT2D eigenvalue weighted by atomic mass is 79.9. The maximum atomic E-state index is 5.57. The van der Waals surface area contributed by atoms with Crippen LogP contribution in [-0.2, 0) is 13.5 Å². The molecule has 0 bridgehead atoms. The van der Waals surface area contributed by atoms with Crippen LogP contribution in [0.25, 0.3) is 0 Å². The molecule has 0 aromatic carbocycles. The predicted molar refractivity (Wildman–Crippen MR) is 63.2 cm³/mol. The Labute approximate surface area is 102 Å². The standard InChI is InChI=1S/C11H12BrN3O/c1-15-11(12)8(6-14-15)9-10-7(2-4-13-9)3-5-16-10/h3,5-6,9,13H,2,4H2,1H3. The lowest BCUT2D eigenvalue weighted by molar-refractivity contribution is 0.424. The van der Waals surface area contributed by atoms with Crippen molar-refractivity contribution in [3.63, 3.8) is 0 Å². The number of aryl methyl sites for hydroxylation is 1. The van der Waals surface area contributed by atoms with Gasteiger partial charge in [-0.2, -0.15) is 5.10 Å². The Kier molecular flexibility index (Phi) is 2.37. The molecule has 84 valence electrons. The molecule has 3 heterocycles. The van der Waals surface area contributed by atoms with Crippen molar-refractivity contribution >= 4 is 15.9 Å². The fourth-order valence-electron chi connectivity index (χ4n) is 2.14. The van der Waals surface area contributed by atoms with Crippen molar-refractivity contribution in [2.45, 2.75) is 12.5 Å². The molecular weight excluding hydrogens is 270 g/mol. The molecule has 16 heavy (non-hydrogen) atoms. The average Bonchev–Trinajstić information content (AvgIpc) is 2.87.